The Kier molecular flexibility index (Phi) is 4.96. The van der Waals surface area contributed by atoms with Crippen LogP contribution in [0, 0.1) is 0 Å². The number of amides is 1. The van der Waals surface area contributed by atoms with Crippen LogP contribution in [0.1, 0.15) is 39.0 Å². The second kappa shape index (κ2) is 6.70. The highest BCUT2D eigenvalue weighted by molar-refractivity contribution is 6.30. The molecule has 1 N–H and O–H groups in total. The molecular formula is C13H18ClN3O2. The van der Waals surface area contributed by atoms with E-state index in [-0.39, 0.29) is 18.1 Å². The first-order valence-corrected chi connectivity index (χ1v) is 6.98. The van der Waals surface area contributed by atoms with Gasteiger partial charge in [0.2, 0.25) is 5.91 Å². The molecule has 0 radical (unpaired) electrons. The Hall–Kier alpha value is -1.36. The van der Waals surface area contributed by atoms with Crippen LogP contribution in [0.2, 0.25) is 5.02 Å². The van der Waals surface area contributed by atoms with Crippen molar-refractivity contribution in [2.24, 2.45) is 0 Å². The molecule has 19 heavy (non-hydrogen) atoms. The number of carbonyl (C=O) groups excluding carboxylic acids is 1. The Labute approximate surface area is 117 Å². The summed E-state index contributed by atoms with van der Waals surface area (Å²) in [5.41, 5.74) is 0. The van der Waals surface area contributed by atoms with Crippen LogP contribution < -0.4 is 10.1 Å². The van der Waals surface area contributed by atoms with E-state index in [2.05, 4.69) is 15.3 Å². The number of halogens is 1. The average Bonchev–Trinajstić information content (AvgIpc) is 2.43. The molecule has 0 bridgehead atoms. The Morgan fingerprint density at radius 3 is 2.58 bits per heavy atom. The first-order chi connectivity index (χ1) is 9.17. The molecule has 104 valence electrons. The largest absolute Gasteiger partial charge is 0.460 e. The minimum atomic E-state index is 0.116. The highest BCUT2D eigenvalue weighted by Gasteiger charge is 2.23. The summed E-state index contributed by atoms with van der Waals surface area (Å²) in [6.07, 6.45) is 7.38. The van der Waals surface area contributed by atoms with Crippen molar-refractivity contribution < 1.29 is 9.53 Å². The third-order valence-corrected chi connectivity index (χ3v) is 3.42. The van der Waals surface area contributed by atoms with E-state index >= 15 is 0 Å². The van der Waals surface area contributed by atoms with Crippen LogP contribution in [0.25, 0.3) is 0 Å². The molecule has 1 saturated carbocycles. The number of aromatic nitrogens is 2. The molecule has 1 aromatic heterocycles. The van der Waals surface area contributed by atoms with Crippen molar-refractivity contribution in [2.75, 3.05) is 0 Å². The maximum atomic E-state index is 11.3. The van der Waals surface area contributed by atoms with E-state index in [1.54, 1.807) is 0 Å². The van der Waals surface area contributed by atoms with E-state index in [1.807, 2.05) is 6.92 Å². The number of carbonyl (C=O) groups is 1. The van der Waals surface area contributed by atoms with Crippen LogP contribution >= 0.6 is 11.6 Å². The molecule has 1 aliphatic carbocycles. The molecule has 1 amide bonds. The smallest absolute Gasteiger partial charge is 0.316 e. The molecule has 1 fully saturated rings. The molecule has 6 heteroatoms. The summed E-state index contributed by atoms with van der Waals surface area (Å²) in [7, 11) is 0. The maximum absolute atomic E-state index is 11.3. The standard InChI is InChI=1S/C13H18ClN3O2/c1-2-12(18)17-10-3-5-11(6-4-10)19-13-15-7-9(14)8-16-13/h7-8,10-11H,2-6H2,1H3,(H,17,18). The summed E-state index contributed by atoms with van der Waals surface area (Å²) in [5, 5.41) is 3.52. The van der Waals surface area contributed by atoms with Gasteiger partial charge in [0.1, 0.15) is 6.10 Å². The van der Waals surface area contributed by atoms with Gasteiger partial charge in [-0.2, -0.15) is 0 Å². The van der Waals surface area contributed by atoms with Gasteiger partial charge in [-0.15, -0.1) is 0 Å². The van der Waals surface area contributed by atoms with Crippen LogP contribution in [0.3, 0.4) is 0 Å². The molecule has 0 saturated heterocycles. The van der Waals surface area contributed by atoms with E-state index in [4.69, 9.17) is 16.3 Å². The lowest BCUT2D eigenvalue weighted by molar-refractivity contribution is -0.121. The Balaban J connectivity index is 1.77. The molecule has 0 aromatic carbocycles. The number of nitrogens with one attached hydrogen (secondary N) is 1. The molecule has 1 heterocycles. The van der Waals surface area contributed by atoms with Gasteiger partial charge in [-0.25, -0.2) is 9.97 Å². The number of nitrogens with zero attached hydrogens (tertiary/aromatic N) is 2. The summed E-state index contributed by atoms with van der Waals surface area (Å²) in [6.45, 7) is 1.86. The van der Waals surface area contributed by atoms with E-state index in [0.717, 1.165) is 25.7 Å². The van der Waals surface area contributed by atoms with Crippen molar-refractivity contribution in [3.05, 3.63) is 17.4 Å². The zero-order chi connectivity index (χ0) is 13.7. The molecule has 2 rings (SSSR count). The number of rotatable bonds is 4. The SMILES string of the molecule is CCC(=O)NC1CCC(Oc2ncc(Cl)cn2)CC1. The molecule has 0 aliphatic heterocycles. The number of ether oxygens (including phenoxy) is 1. The molecular weight excluding hydrogens is 266 g/mol. The fraction of sp³-hybridized carbons (Fsp3) is 0.615. The van der Waals surface area contributed by atoms with Crippen LogP contribution in [0.15, 0.2) is 12.4 Å². The minimum Gasteiger partial charge on any atom is -0.460 e. The van der Waals surface area contributed by atoms with Crippen LogP contribution in [0.4, 0.5) is 0 Å². The lowest BCUT2D eigenvalue weighted by atomic mass is 9.93. The monoisotopic (exact) mass is 283 g/mol. The quantitative estimate of drug-likeness (QED) is 0.921. The summed E-state index contributed by atoms with van der Waals surface area (Å²) < 4.78 is 5.70. The zero-order valence-electron chi connectivity index (χ0n) is 10.9. The van der Waals surface area contributed by atoms with Crippen molar-refractivity contribution in [3.8, 4) is 6.01 Å². The summed E-state index contributed by atoms with van der Waals surface area (Å²) in [6, 6.07) is 0.642. The predicted octanol–water partition coefficient (Wildman–Crippen LogP) is 2.35. The maximum Gasteiger partial charge on any atom is 0.316 e. The van der Waals surface area contributed by atoms with Gasteiger partial charge in [-0.3, -0.25) is 4.79 Å². The first-order valence-electron chi connectivity index (χ1n) is 6.61. The average molecular weight is 284 g/mol. The third-order valence-electron chi connectivity index (χ3n) is 3.23. The van der Waals surface area contributed by atoms with Crippen molar-refractivity contribution in [1.29, 1.82) is 0 Å². The topological polar surface area (TPSA) is 64.1 Å². The first kappa shape index (κ1) is 14.1. The van der Waals surface area contributed by atoms with Gasteiger partial charge in [0.05, 0.1) is 17.4 Å². The molecule has 1 aliphatic rings. The second-order valence-electron chi connectivity index (χ2n) is 4.70. The summed E-state index contributed by atoms with van der Waals surface area (Å²) in [5.74, 6) is 0.116. The van der Waals surface area contributed by atoms with E-state index in [0.29, 0.717) is 17.5 Å². The van der Waals surface area contributed by atoms with Crippen molar-refractivity contribution in [2.45, 2.75) is 51.2 Å². The fourth-order valence-electron chi connectivity index (χ4n) is 2.17. The lowest BCUT2D eigenvalue weighted by Gasteiger charge is -2.28. The fourth-order valence-corrected chi connectivity index (χ4v) is 2.26. The van der Waals surface area contributed by atoms with Crippen molar-refractivity contribution in [1.82, 2.24) is 15.3 Å². The van der Waals surface area contributed by atoms with Gasteiger partial charge >= 0.3 is 6.01 Å². The molecule has 1 aromatic rings. The van der Waals surface area contributed by atoms with Crippen molar-refractivity contribution in [3.63, 3.8) is 0 Å². The minimum absolute atomic E-state index is 0.116. The molecule has 5 nitrogen and oxygen atoms in total. The van der Waals surface area contributed by atoms with Crippen molar-refractivity contribution >= 4 is 17.5 Å². The summed E-state index contributed by atoms with van der Waals surface area (Å²) in [4.78, 5) is 19.3. The molecule has 0 atom stereocenters. The zero-order valence-corrected chi connectivity index (χ0v) is 11.7. The van der Waals surface area contributed by atoms with Gasteiger partial charge < -0.3 is 10.1 Å². The van der Waals surface area contributed by atoms with Crippen LogP contribution in [-0.4, -0.2) is 28.0 Å². The highest BCUT2D eigenvalue weighted by Crippen LogP contribution is 2.22. The lowest BCUT2D eigenvalue weighted by Crippen LogP contribution is -2.39. The van der Waals surface area contributed by atoms with E-state index in [1.165, 1.54) is 12.4 Å². The second-order valence-corrected chi connectivity index (χ2v) is 5.13. The molecule has 0 unspecified atom stereocenters. The van der Waals surface area contributed by atoms with Crippen LogP contribution in [-0.2, 0) is 4.79 Å². The van der Waals surface area contributed by atoms with Gasteiger partial charge in [0.25, 0.3) is 0 Å². The Morgan fingerprint density at radius 1 is 1.37 bits per heavy atom. The van der Waals surface area contributed by atoms with Crippen LogP contribution in [0.5, 0.6) is 6.01 Å². The summed E-state index contributed by atoms with van der Waals surface area (Å²) >= 11 is 5.71. The Morgan fingerprint density at radius 2 is 2.00 bits per heavy atom. The number of hydrogen-bond donors (Lipinski definition) is 1. The van der Waals surface area contributed by atoms with Gasteiger partial charge in [0, 0.05) is 12.5 Å². The highest BCUT2D eigenvalue weighted by atomic mass is 35.5. The number of hydrogen-bond acceptors (Lipinski definition) is 4. The van der Waals surface area contributed by atoms with Gasteiger partial charge in [-0.1, -0.05) is 18.5 Å². The van der Waals surface area contributed by atoms with Gasteiger partial charge in [0.15, 0.2) is 0 Å². The normalized spacial score (nSPS) is 22.8. The third kappa shape index (κ3) is 4.35. The van der Waals surface area contributed by atoms with Gasteiger partial charge in [-0.05, 0) is 25.7 Å². The molecule has 0 spiro atoms. The predicted molar refractivity (Wildman–Crippen MR) is 72.1 cm³/mol. The Bertz CT molecular complexity index is 416. The van der Waals surface area contributed by atoms with E-state index < -0.39 is 0 Å². The van der Waals surface area contributed by atoms with E-state index in [9.17, 15) is 4.79 Å².